The Balaban J connectivity index is 1.67. The second-order valence-electron chi connectivity index (χ2n) is 6.25. The Kier molecular flexibility index (Phi) is 5.15. The van der Waals surface area contributed by atoms with E-state index in [1.54, 1.807) is 0 Å². The Bertz CT molecular complexity index is 740. The fourth-order valence-corrected chi connectivity index (χ4v) is 4.12. The average Bonchev–Trinajstić information content (AvgIpc) is 3.03. The number of hydrogen-bond acceptors (Lipinski definition) is 3. The lowest BCUT2D eigenvalue weighted by Crippen LogP contribution is -2.37. The first-order chi connectivity index (χ1) is 11.8. The Morgan fingerprint density at radius 3 is 2.56 bits per heavy atom. The number of carbonyl (C=O) groups is 1. The standard InChI is InChI=1S/C18H18F3NO2S/c19-18(20,21)14-5-3-12(4-6-14)16-8-7-15(25-16)11-22-9-1-2-13(10-22)17(23)24/h3-8,13H,1-2,9-11H2,(H,23,24). The Morgan fingerprint density at radius 2 is 1.92 bits per heavy atom. The molecule has 1 aromatic heterocycles. The van der Waals surface area contributed by atoms with Crippen LogP contribution in [0.5, 0.6) is 0 Å². The van der Waals surface area contributed by atoms with E-state index in [2.05, 4.69) is 4.90 Å². The molecule has 1 N–H and O–H groups in total. The van der Waals surface area contributed by atoms with Gasteiger partial charge in [-0.2, -0.15) is 13.2 Å². The van der Waals surface area contributed by atoms with E-state index in [0.717, 1.165) is 40.4 Å². The number of carboxylic acids is 1. The molecule has 1 fully saturated rings. The van der Waals surface area contributed by atoms with Crippen LogP contribution in [-0.2, 0) is 17.5 Å². The molecule has 0 aliphatic carbocycles. The summed E-state index contributed by atoms with van der Waals surface area (Å²) in [5, 5.41) is 9.15. The van der Waals surface area contributed by atoms with E-state index in [1.165, 1.54) is 23.5 Å². The molecule has 1 atom stereocenters. The zero-order valence-corrected chi connectivity index (χ0v) is 14.2. The van der Waals surface area contributed by atoms with E-state index in [-0.39, 0.29) is 5.92 Å². The van der Waals surface area contributed by atoms with Gasteiger partial charge in [-0.05, 0) is 49.2 Å². The van der Waals surface area contributed by atoms with Gasteiger partial charge in [-0.1, -0.05) is 12.1 Å². The molecule has 3 nitrogen and oxygen atoms in total. The van der Waals surface area contributed by atoms with Gasteiger partial charge >= 0.3 is 12.1 Å². The van der Waals surface area contributed by atoms with E-state index in [1.807, 2.05) is 12.1 Å². The molecule has 0 radical (unpaired) electrons. The lowest BCUT2D eigenvalue weighted by Gasteiger charge is -2.30. The number of nitrogens with zero attached hydrogens (tertiary/aromatic N) is 1. The maximum absolute atomic E-state index is 12.6. The molecule has 0 saturated carbocycles. The maximum Gasteiger partial charge on any atom is 0.416 e. The highest BCUT2D eigenvalue weighted by Crippen LogP contribution is 2.33. The molecule has 1 aliphatic heterocycles. The SMILES string of the molecule is O=C(O)C1CCCN(Cc2ccc(-c3ccc(C(F)(F)F)cc3)s2)C1. The highest BCUT2D eigenvalue weighted by atomic mass is 32.1. The zero-order chi connectivity index (χ0) is 18.0. The summed E-state index contributed by atoms with van der Waals surface area (Å²) in [6, 6.07) is 9.02. The molecule has 2 heterocycles. The van der Waals surface area contributed by atoms with E-state index >= 15 is 0 Å². The average molecular weight is 369 g/mol. The molecule has 7 heteroatoms. The zero-order valence-electron chi connectivity index (χ0n) is 13.4. The van der Waals surface area contributed by atoms with Crippen LogP contribution >= 0.6 is 11.3 Å². The summed E-state index contributed by atoms with van der Waals surface area (Å²) in [6.07, 6.45) is -2.74. The van der Waals surface area contributed by atoms with Crippen molar-refractivity contribution >= 4 is 17.3 Å². The topological polar surface area (TPSA) is 40.5 Å². The molecular formula is C18H18F3NO2S. The third-order valence-electron chi connectivity index (χ3n) is 4.39. The summed E-state index contributed by atoms with van der Waals surface area (Å²) >= 11 is 1.53. The van der Waals surface area contributed by atoms with E-state index in [4.69, 9.17) is 5.11 Å². The minimum atomic E-state index is -4.33. The number of halogens is 3. The van der Waals surface area contributed by atoms with Crippen LogP contribution in [-0.4, -0.2) is 29.1 Å². The highest BCUT2D eigenvalue weighted by molar-refractivity contribution is 7.15. The number of piperidine rings is 1. The summed E-state index contributed by atoms with van der Waals surface area (Å²) in [6.45, 7) is 2.09. The number of hydrogen-bond donors (Lipinski definition) is 1. The van der Waals surface area contributed by atoms with Gasteiger partial charge in [0.15, 0.2) is 0 Å². The van der Waals surface area contributed by atoms with Crippen LogP contribution in [0.1, 0.15) is 23.3 Å². The van der Waals surface area contributed by atoms with Gasteiger partial charge in [0, 0.05) is 22.8 Å². The second-order valence-corrected chi connectivity index (χ2v) is 7.42. The minimum Gasteiger partial charge on any atom is -0.481 e. The summed E-state index contributed by atoms with van der Waals surface area (Å²) < 4.78 is 37.9. The molecule has 25 heavy (non-hydrogen) atoms. The largest absolute Gasteiger partial charge is 0.481 e. The van der Waals surface area contributed by atoms with Gasteiger partial charge in [-0.25, -0.2) is 0 Å². The molecule has 0 spiro atoms. The number of alkyl halides is 3. The third-order valence-corrected chi connectivity index (χ3v) is 5.51. The van der Waals surface area contributed by atoms with Crippen molar-refractivity contribution in [1.29, 1.82) is 0 Å². The van der Waals surface area contributed by atoms with Crippen molar-refractivity contribution < 1.29 is 23.1 Å². The Hall–Kier alpha value is -1.86. The van der Waals surface area contributed by atoms with Crippen molar-refractivity contribution in [1.82, 2.24) is 4.90 Å². The number of rotatable bonds is 4. The molecule has 3 rings (SSSR count). The number of aliphatic carboxylic acids is 1. The molecule has 134 valence electrons. The molecule has 0 amide bonds. The van der Waals surface area contributed by atoms with Crippen LogP contribution in [0.25, 0.3) is 10.4 Å². The molecule has 1 aliphatic rings. The van der Waals surface area contributed by atoms with Crippen molar-refractivity contribution in [2.75, 3.05) is 13.1 Å². The van der Waals surface area contributed by atoms with Crippen LogP contribution in [0.3, 0.4) is 0 Å². The summed E-state index contributed by atoms with van der Waals surface area (Å²) in [5.74, 6) is -1.07. The molecule has 1 unspecified atom stereocenters. The van der Waals surface area contributed by atoms with Crippen LogP contribution < -0.4 is 0 Å². The van der Waals surface area contributed by atoms with Gasteiger partial charge in [-0.3, -0.25) is 9.69 Å². The number of benzene rings is 1. The summed E-state index contributed by atoms with van der Waals surface area (Å²) in [7, 11) is 0. The lowest BCUT2D eigenvalue weighted by molar-refractivity contribution is -0.143. The molecule has 0 bridgehead atoms. The molecule has 1 saturated heterocycles. The molecular weight excluding hydrogens is 351 g/mol. The van der Waals surface area contributed by atoms with Gasteiger partial charge in [-0.15, -0.1) is 11.3 Å². The monoisotopic (exact) mass is 369 g/mol. The van der Waals surface area contributed by atoms with Crippen molar-refractivity contribution in [2.24, 2.45) is 5.92 Å². The smallest absolute Gasteiger partial charge is 0.416 e. The first kappa shape index (κ1) is 17.9. The van der Waals surface area contributed by atoms with E-state index in [0.29, 0.717) is 19.5 Å². The predicted octanol–water partition coefficient (Wildman–Crippen LogP) is 4.73. The van der Waals surface area contributed by atoms with Gasteiger partial charge in [0.2, 0.25) is 0 Å². The van der Waals surface area contributed by atoms with Gasteiger partial charge in [0.1, 0.15) is 0 Å². The summed E-state index contributed by atoms with van der Waals surface area (Å²) in [4.78, 5) is 15.3. The van der Waals surface area contributed by atoms with Crippen molar-refractivity contribution in [3.05, 3.63) is 46.8 Å². The first-order valence-electron chi connectivity index (χ1n) is 8.04. The fraction of sp³-hybridized carbons (Fsp3) is 0.389. The quantitative estimate of drug-likeness (QED) is 0.847. The first-order valence-corrected chi connectivity index (χ1v) is 8.86. The van der Waals surface area contributed by atoms with Crippen molar-refractivity contribution in [3.8, 4) is 10.4 Å². The second kappa shape index (κ2) is 7.17. The van der Waals surface area contributed by atoms with Gasteiger partial charge in [0.25, 0.3) is 0 Å². The lowest BCUT2D eigenvalue weighted by atomic mass is 9.98. The Morgan fingerprint density at radius 1 is 1.20 bits per heavy atom. The Labute approximate surface area is 147 Å². The van der Waals surface area contributed by atoms with Crippen LogP contribution in [0, 0.1) is 5.92 Å². The normalized spacial score (nSPS) is 19.1. The molecule has 2 aromatic rings. The van der Waals surface area contributed by atoms with Crippen molar-refractivity contribution in [2.45, 2.75) is 25.6 Å². The fourth-order valence-electron chi connectivity index (χ4n) is 3.06. The van der Waals surface area contributed by atoms with Crippen LogP contribution in [0.15, 0.2) is 36.4 Å². The number of thiophene rings is 1. The minimum absolute atomic E-state index is 0.317. The summed E-state index contributed by atoms with van der Waals surface area (Å²) in [5.41, 5.74) is 0.104. The third kappa shape index (κ3) is 4.41. The van der Waals surface area contributed by atoms with Gasteiger partial charge < -0.3 is 5.11 Å². The van der Waals surface area contributed by atoms with E-state index < -0.39 is 17.7 Å². The maximum atomic E-state index is 12.6. The highest BCUT2D eigenvalue weighted by Gasteiger charge is 2.30. The van der Waals surface area contributed by atoms with E-state index in [9.17, 15) is 18.0 Å². The number of carboxylic acid groups (broad SMARTS) is 1. The van der Waals surface area contributed by atoms with Crippen LogP contribution in [0.2, 0.25) is 0 Å². The molecule has 1 aromatic carbocycles. The number of likely N-dealkylation sites (tertiary alicyclic amines) is 1. The predicted molar refractivity (Wildman–Crippen MR) is 90.4 cm³/mol. The van der Waals surface area contributed by atoms with Crippen molar-refractivity contribution in [3.63, 3.8) is 0 Å². The van der Waals surface area contributed by atoms with Crippen LogP contribution in [0.4, 0.5) is 13.2 Å². The van der Waals surface area contributed by atoms with Gasteiger partial charge in [0.05, 0.1) is 11.5 Å².